The number of benzene rings is 2. The van der Waals surface area contributed by atoms with Gasteiger partial charge in [0, 0.05) is 11.6 Å². The molecule has 0 aromatic heterocycles. The highest BCUT2D eigenvalue weighted by molar-refractivity contribution is 5.92. The third-order valence-electron chi connectivity index (χ3n) is 2.99. The zero-order valence-electron chi connectivity index (χ0n) is 9.80. The van der Waals surface area contributed by atoms with Gasteiger partial charge in [0.05, 0.1) is 5.56 Å². The molecule has 0 amide bonds. The van der Waals surface area contributed by atoms with Crippen LogP contribution in [0.25, 0.3) is 11.8 Å². The molecule has 1 aliphatic carbocycles. The maximum Gasteiger partial charge on any atom is 0.343 e. The number of rotatable bonds is 2. The Hall–Kier alpha value is -2.35. The molecular weight excluding hydrogens is 224 g/mol. The minimum Gasteiger partial charge on any atom is -0.426 e. The summed E-state index contributed by atoms with van der Waals surface area (Å²) in [5, 5.41) is 2.15. The summed E-state index contributed by atoms with van der Waals surface area (Å²) in [6.45, 7) is 0. The number of esters is 1. The van der Waals surface area contributed by atoms with Crippen molar-refractivity contribution in [2.45, 2.75) is 6.42 Å². The number of hydrogen-bond donors (Lipinski definition) is 0. The summed E-state index contributed by atoms with van der Waals surface area (Å²) < 4.78 is 5.47. The molecule has 2 heteroatoms. The Bertz CT molecular complexity index is 699. The lowest BCUT2D eigenvalue weighted by Crippen LogP contribution is -2.23. The van der Waals surface area contributed by atoms with Crippen LogP contribution in [-0.2, 0) is 4.74 Å². The smallest absolute Gasteiger partial charge is 0.343 e. The summed E-state index contributed by atoms with van der Waals surface area (Å²) in [5.41, 5.74) is 0.578. The Kier molecular flexibility index (Phi) is 2.69. The van der Waals surface area contributed by atoms with E-state index in [2.05, 4.69) is 6.08 Å². The molecule has 18 heavy (non-hydrogen) atoms. The summed E-state index contributed by atoms with van der Waals surface area (Å²) >= 11 is 0. The number of carbonyl (C=O) groups excluding carboxylic acids is 1. The van der Waals surface area contributed by atoms with Crippen LogP contribution in [0.1, 0.15) is 16.8 Å². The average molecular weight is 236 g/mol. The molecule has 2 aromatic carbocycles. The van der Waals surface area contributed by atoms with Crippen molar-refractivity contribution in [2.24, 2.45) is 0 Å². The first-order valence-corrected chi connectivity index (χ1v) is 5.90. The van der Waals surface area contributed by atoms with Crippen molar-refractivity contribution in [3.63, 3.8) is 0 Å². The first kappa shape index (κ1) is 10.8. The lowest BCUT2D eigenvalue weighted by molar-refractivity contribution is 0.0684. The molecule has 2 aromatic rings. The predicted octanol–water partition coefficient (Wildman–Crippen LogP) is 1.84. The fourth-order valence-corrected chi connectivity index (χ4v) is 2.08. The molecule has 0 saturated heterocycles. The van der Waals surface area contributed by atoms with Gasteiger partial charge in [-0.2, -0.15) is 0 Å². The van der Waals surface area contributed by atoms with E-state index in [1.807, 2.05) is 42.5 Å². The molecule has 0 unspecified atom stereocenters. The fourth-order valence-electron chi connectivity index (χ4n) is 2.08. The lowest BCUT2D eigenvalue weighted by atomic mass is 10.2. The maximum absolute atomic E-state index is 12.0. The summed E-state index contributed by atoms with van der Waals surface area (Å²) in [6.07, 6.45) is 2.75. The first-order chi connectivity index (χ1) is 8.84. The third-order valence-corrected chi connectivity index (χ3v) is 2.99. The van der Waals surface area contributed by atoms with Gasteiger partial charge in [-0.15, -0.1) is 0 Å². The Balaban J connectivity index is 1.93. The number of fused-ring (bicyclic) bond motifs is 1. The van der Waals surface area contributed by atoms with Crippen molar-refractivity contribution >= 4 is 17.8 Å². The molecule has 1 aliphatic rings. The summed E-state index contributed by atoms with van der Waals surface area (Å²) in [7, 11) is 0. The molecule has 0 radical (unpaired) electrons. The van der Waals surface area contributed by atoms with Crippen molar-refractivity contribution in [3.8, 4) is 0 Å². The zero-order chi connectivity index (χ0) is 12.4. The van der Waals surface area contributed by atoms with Gasteiger partial charge < -0.3 is 4.74 Å². The maximum atomic E-state index is 12.0. The van der Waals surface area contributed by atoms with Crippen LogP contribution in [0.5, 0.6) is 0 Å². The van der Waals surface area contributed by atoms with E-state index in [-0.39, 0.29) is 5.97 Å². The van der Waals surface area contributed by atoms with Gasteiger partial charge in [-0.25, -0.2) is 4.79 Å². The van der Waals surface area contributed by atoms with E-state index >= 15 is 0 Å². The monoisotopic (exact) mass is 236 g/mol. The molecule has 0 bridgehead atoms. The number of ether oxygens (including phenoxy) is 1. The van der Waals surface area contributed by atoms with Gasteiger partial charge in [0.2, 0.25) is 0 Å². The van der Waals surface area contributed by atoms with Crippen molar-refractivity contribution in [2.75, 3.05) is 0 Å². The Labute approximate surface area is 105 Å². The Morgan fingerprint density at radius 3 is 2.50 bits per heavy atom. The SMILES string of the molecule is O=C(OC1=c2ccccc2=CC1)c1ccccc1. The molecule has 0 saturated carbocycles. The van der Waals surface area contributed by atoms with Crippen LogP contribution in [-0.4, -0.2) is 5.97 Å². The molecule has 0 atom stereocenters. The summed E-state index contributed by atoms with van der Waals surface area (Å²) in [4.78, 5) is 12.0. The standard InChI is InChI=1S/C16H12O2/c17-16(13-7-2-1-3-8-13)18-15-11-10-12-6-4-5-9-14(12)15/h1-10H,11H2. The highest BCUT2D eigenvalue weighted by Gasteiger charge is 2.12. The molecular formula is C16H12O2. The van der Waals surface area contributed by atoms with Gasteiger partial charge in [0.25, 0.3) is 0 Å². The van der Waals surface area contributed by atoms with E-state index in [1.165, 1.54) is 0 Å². The lowest BCUT2D eigenvalue weighted by Gasteiger charge is -2.04. The summed E-state index contributed by atoms with van der Waals surface area (Å²) in [6, 6.07) is 17.0. The Morgan fingerprint density at radius 1 is 0.944 bits per heavy atom. The first-order valence-electron chi connectivity index (χ1n) is 5.90. The highest BCUT2D eigenvalue weighted by atomic mass is 16.5. The van der Waals surface area contributed by atoms with Crippen molar-refractivity contribution < 1.29 is 9.53 Å². The largest absolute Gasteiger partial charge is 0.426 e. The highest BCUT2D eigenvalue weighted by Crippen LogP contribution is 2.11. The topological polar surface area (TPSA) is 26.3 Å². The molecule has 0 spiro atoms. The van der Waals surface area contributed by atoms with E-state index in [9.17, 15) is 4.79 Å². The zero-order valence-corrected chi connectivity index (χ0v) is 9.80. The molecule has 0 aliphatic heterocycles. The second-order valence-electron chi connectivity index (χ2n) is 4.17. The van der Waals surface area contributed by atoms with Gasteiger partial charge in [-0.1, -0.05) is 48.5 Å². The Morgan fingerprint density at radius 2 is 1.67 bits per heavy atom. The van der Waals surface area contributed by atoms with Gasteiger partial charge in [-0.05, 0) is 17.4 Å². The van der Waals surface area contributed by atoms with Gasteiger partial charge in [0.15, 0.2) is 0 Å². The van der Waals surface area contributed by atoms with E-state index in [0.29, 0.717) is 12.0 Å². The predicted molar refractivity (Wildman–Crippen MR) is 70.0 cm³/mol. The van der Waals surface area contributed by atoms with Crippen molar-refractivity contribution in [3.05, 3.63) is 70.6 Å². The van der Waals surface area contributed by atoms with E-state index in [1.54, 1.807) is 12.1 Å². The van der Waals surface area contributed by atoms with Crippen molar-refractivity contribution in [1.82, 2.24) is 0 Å². The van der Waals surface area contributed by atoms with Crippen LogP contribution in [0.15, 0.2) is 54.6 Å². The number of carbonyl (C=O) groups is 1. The molecule has 0 N–H and O–H groups in total. The quantitative estimate of drug-likeness (QED) is 0.744. The van der Waals surface area contributed by atoms with Crippen LogP contribution in [0.2, 0.25) is 0 Å². The van der Waals surface area contributed by atoms with Crippen LogP contribution in [0, 0.1) is 0 Å². The summed E-state index contributed by atoms with van der Waals surface area (Å²) in [5.74, 6) is 0.440. The fraction of sp³-hybridized carbons (Fsp3) is 0.0625. The third kappa shape index (κ3) is 1.93. The van der Waals surface area contributed by atoms with Crippen LogP contribution in [0.3, 0.4) is 0 Å². The molecule has 3 rings (SSSR count). The second kappa shape index (κ2) is 4.49. The van der Waals surface area contributed by atoms with Crippen LogP contribution in [0.4, 0.5) is 0 Å². The van der Waals surface area contributed by atoms with Crippen molar-refractivity contribution in [1.29, 1.82) is 0 Å². The average Bonchev–Trinajstić information content (AvgIpc) is 2.83. The van der Waals surface area contributed by atoms with Crippen LogP contribution >= 0.6 is 0 Å². The molecule has 0 heterocycles. The number of hydrogen-bond acceptors (Lipinski definition) is 2. The molecule has 88 valence electrons. The second-order valence-corrected chi connectivity index (χ2v) is 4.17. The van der Waals surface area contributed by atoms with Gasteiger partial charge in [-0.3, -0.25) is 0 Å². The van der Waals surface area contributed by atoms with E-state index < -0.39 is 0 Å². The van der Waals surface area contributed by atoms with Gasteiger partial charge in [0.1, 0.15) is 5.76 Å². The molecule has 2 nitrogen and oxygen atoms in total. The normalized spacial score (nSPS) is 12.8. The van der Waals surface area contributed by atoms with E-state index in [4.69, 9.17) is 4.74 Å². The minimum absolute atomic E-state index is 0.296. The van der Waals surface area contributed by atoms with Gasteiger partial charge >= 0.3 is 5.97 Å². The molecule has 0 fully saturated rings. The van der Waals surface area contributed by atoms with E-state index in [0.717, 1.165) is 16.2 Å². The van der Waals surface area contributed by atoms with Crippen LogP contribution < -0.4 is 10.4 Å². The minimum atomic E-state index is -0.296.